The van der Waals surface area contributed by atoms with E-state index in [0.717, 1.165) is 25.9 Å². The molecule has 4 nitrogen and oxygen atoms in total. The van der Waals surface area contributed by atoms with Gasteiger partial charge in [0.25, 0.3) is 0 Å². The number of hydrogen-bond donors (Lipinski definition) is 2. The topological polar surface area (TPSA) is 58.4 Å². The third-order valence-electron chi connectivity index (χ3n) is 3.51. The molecule has 1 heterocycles. The molecule has 3 N–H and O–H groups in total. The van der Waals surface area contributed by atoms with E-state index >= 15 is 0 Å². The molecule has 0 aliphatic carbocycles. The molecule has 0 aromatic carbocycles. The van der Waals surface area contributed by atoms with Crippen molar-refractivity contribution < 1.29 is 4.79 Å². The minimum absolute atomic E-state index is 0.104. The average Bonchev–Trinajstić information content (AvgIpc) is 2.62. The van der Waals surface area contributed by atoms with Crippen molar-refractivity contribution in [3.8, 4) is 0 Å². The van der Waals surface area contributed by atoms with E-state index in [1.54, 1.807) is 0 Å². The predicted molar refractivity (Wildman–Crippen MR) is 61.5 cm³/mol. The van der Waals surface area contributed by atoms with Crippen molar-refractivity contribution in [2.75, 3.05) is 26.7 Å². The molecule has 0 spiro atoms. The lowest BCUT2D eigenvalue weighted by molar-refractivity contribution is -0.130. The maximum Gasteiger partial charge on any atom is 0.227 e. The molecule has 1 rings (SSSR count). The Bertz CT molecular complexity index is 226. The Labute approximate surface area is 92.2 Å². The molecule has 4 heteroatoms. The van der Waals surface area contributed by atoms with Crippen molar-refractivity contribution in [2.24, 2.45) is 11.1 Å². The van der Waals surface area contributed by atoms with Crippen molar-refractivity contribution in [1.29, 1.82) is 0 Å². The van der Waals surface area contributed by atoms with Crippen LogP contribution in [0.3, 0.4) is 0 Å². The van der Waals surface area contributed by atoms with Crippen molar-refractivity contribution >= 4 is 5.91 Å². The summed E-state index contributed by atoms with van der Waals surface area (Å²) in [5, 5.41) is 3.09. The Hall–Kier alpha value is -0.610. The van der Waals surface area contributed by atoms with Crippen LogP contribution in [0.5, 0.6) is 0 Å². The minimum atomic E-state index is -0.402. The number of likely N-dealkylation sites (tertiary alicyclic amines) is 1. The highest BCUT2D eigenvalue weighted by molar-refractivity contribution is 5.82. The van der Waals surface area contributed by atoms with Crippen molar-refractivity contribution in [3.63, 3.8) is 0 Å². The molecule has 0 bridgehead atoms. The highest BCUT2D eigenvalue weighted by Gasteiger charge is 2.32. The van der Waals surface area contributed by atoms with E-state index in [0.29, 0.717) is 12.6 Å². The first-order valence-corrected chi connectivity index (χ1v) is 5.71. The van der Waals surface area contributed by atoms with E-state index in [4.69, 9.17) is 5.73 Å². The number of carbonyl (C=O) groups excluding carboxylic acids is 1. The average molecular weight is 213 g/mol. The summed E-state index contributed by atoms with van der Waals surface area (Å²) >= 11 is 0. The molecule has 0 aromatic heterocycles. The van der Waals surface area contributed by atoms with E-state index in [1.807, 2.05) is 13.8 Å². The van der Waals surface area contributed by atoms with Gasteiger partial charge in [0, 0.05) is 19.1 Å². The van der Waals surface area contributed by atoms with Gasteiger partial charge in [0.1, 0.15) is 0 Å². The van der Waals surface area contributed by atoms with Crippen LogP contribution < -0.4 is 11.1 Å². The molecule has 2 unspecified atom stereocenters. The van der Waals surface area contributed by atoms with Gasteiger partial charge < -0.3 is 16.0 Å². The molecular weight excluding hydrogens is 190 g/mol. The van der Waals surface area contributed by atoms with Crippen molar-refractivity contribution in [1.82, 2.24) is 10.2 Å². The standard InChI is InChI=1S/C11H23N3O/c1-4-11(2,8-12)10(15)13-9-5-6-14(3)7-9/h9H,4-8,12H2,1-3H3,(H,13,15). The van der Waals surface area contributed by atoms with Gasteiger partial charge in [-0.3, -0.25) is 4.79 Å². The second kappa shape index (κ2) is 4.94. The quantitative estimate of drug-likeness (QED) is 0.700. The molecule has 88 valence electrons. The van der Waals surface area contributed by atoms with Crippen LogP contribution in [0.1, 0.15) is 26.7 Å². The Balaban J connectivity index is 2.47. The van der Waals surface area contributed by atoms with Crippen LogP contribution in [0.25, 0.3) is 0 Å². The lowest BCUT2D eigenvalue weighted by Crippen LogP contribution is -2.48. The van der Waals surface area contributed by atoms with Crippen LogP contribution in [0.4, 0.5) is 0 Å². The SMILES string of the molecule is CCC(C)(CN)C(=O)NC1CCN(C)C1. The molecule has 1 fully saturated rings. The maximum absolute atomic E-state index is 12.0. The molecule has 0 aromatic rings. The Morgan fingerprint density at radius 2 is 2.33 bits per heavy atom. The number of carbonyl (C=O) groups is 1. The Kier molecular flexibility index (Phi) is 4.11. The molecule has 1 aliphatic heterocycles. The summed E-state index contributed by atoms with van der Waals surface area (Å²) in [6.45, 7) is 6.37. The van der Waals surface area contributed by atoms with Gasteiger partial charge in [-0.1, -0.05) is 6.92 Å². The molecule has 1 amide bonds. The van der Waals surface area contributed by atoms with Gasteiger partial charge in [-0.25, -0.2) is 0 Å². The lowest BCUT2D eigenvalue weighted by atomic mass is 9.86. The van der Waals surface area contributed by atoms with Gasteiger partial charge in [0.15, 0.2) is 0 Å². The third-order valence-corrected chi connectivity index (χ3v) is 3.51. The van der Waals surface area contributed by atoms with Gasteiger partial charge in [-0.05, 0) is 33.4 Å². The number of nitrogens with zero attached hydrogens (tertiary/aromatic N) is 1. The van der Waals surface area contributed by atoms with E-state index < -0.39 is 5.41 Å². The summed E-state index contributed by atoms with van der Waals surface area (Å²) in [6, 6.07) is 0.305. The minimum Gasteiger partial charge on any atom is -0.352 e. The van der Waals surface area contributed by atoms with Gasteiger partial charge in [0.05, 0.1) is 5.41 Å². The molecule has 15 heavy (non-hydrogen) atoms. The highest BCUT2D eigenvalue weighted by atomic mass is 16.2. The fourth-order valence-corrected chi connectivity index (χ4v) is 1.81. The number of amides is 1. The van der Waals surface area contributed by atoms with Crippen LogP contribution in [-0.4, -0.2) is 43.5 Å². The molecular formula is C11H23N3O. The molecule has 1 aliphatic rings. The van der Waals surface area contributed by atoms with Crippen molar-refractivity contribution in [2.45, 2.75) is 32.7 Å². The third kappa shape index (κ3) is 2.92. The lowest BCUT2D eigenvalue weighted by Gasteiger charge is -2.27. The molecule has 0 radical (unpaired) electrons. The summed E-state index contributed by atoms with van der Waals surface area (Å²) in [6.07, 6.45) is 1.84. The molecule has 2 atom stereocenters. The highest BCUT2D eigenvalue weighted by Crippen LogP contribution is 2.20. The van der Waals surface area contributed by atoms with E-state index in [2.05, 4.69) is 17.3 Å². The van der Waals surface area contributed by atoms with Gasteiger partial charge in [-0.15, -0.1) is 0 Å². The molecule has 0 saturated carbocycles. The predicted octanol–water partition coefficient (Wildman–Crippen LogP) is 0.182. The zero-order valence-electron chi connectivity index (χ0n) is 10.0. The largest absolute Gasteiger partial charge is 0.352 e. The summed E-state index contributed by atoms with van der Waals surface area (Å²) in [5.41, 5.74) is 5.25. The van der Waals surface area contributed by atoms with Crippen LogP contribution in [-0.2, 0) is 4.79 Å². The number of nitrogens with one attached hydrogen (secondary N) is 1. The Morgan fingerprint density at radius 3 is 2.73 bits per heavy atom. The monoisotopic (exact) mass is 213 g/mol. The summed E-state index contributed by atoms with van der Waals surface area (Å²) in [5.74, 6) is 0.104. The summed E-state index contributed by atoms with van der Waals surface area (Å²) in [7, 11) is 2.08. The van der Waals surface area contributed by atoms with Crippen LogP contribution in [0, 0.1) is 5.41 Å². The first-order chi connectivity index (χ1) is 7.01. The zero-order valence-corrected chi connectivity index (χ0v) is 10.0. The van der Waals surface area contributed by atoms with Gasteiger partial charge in [-0.2, -0.15) is 0 Å². The van der Waals surface area contributed by atoms with Crippen LogP contribution in [0.2, 0.25) is 0 Å². The first-order valence-electron chi connectivity index (χ1n) is 5.71. The van der Waals surface area contributed by atoms with Crippen molar-refractivity contribution in [3.05, 3.63) is 0 Å². The number of likely N-dealkylation sites (N-methyl/N-ethyl adjacent to an activating group) is 1. The number of nitrogens with two attached hydrogens (primary N) is 1. The van der Waals surface area contributed by atoms with Crippen LogP contribution in [0.15, 0.2) is 0 Å². The van der Waals surface area contributed by atoms with E-state index in [1.165, 1.54) is 0 Å². The first kappa shape index (κ1) is 12.5. The van der Waals surface area contributed by atoms with E-state index in [-0.39, 0.29) is 5.91 Å². The van der Waals surface area contributed by atoms with E-state index in [9.17, 15) is 4.79 Å². The number of hydrogen-bond acceptors (Lipinski definition) is 3. The molecule has 1 saturated heterocycles. The smallest absolute Gasteiger partial charge is 0.227 e. The summed E-state index contributed by atoms with van der Waals surface area (Å²) < 4.78 is 0. The summed E-state index contributed by atoms with van der Waals surface area (Å²) in [4.78, 5) is 14.2. The normalized spacial score (nSPS) is 26.3. The fraction of sp³-hybridized carbons (Fsp3) is 0.909. The van der Waals surface area contributed by atoms with Crippen LogP contribution >= 0.6 is 0 Å². The zero-order chi connectivity index (χ0) is 11.5. The second-order valence-electron chi connectivity index (χ2n) is 4.84. The van der Waals surface area contributed by atoms with Gasteiger partial charge >= 0.3 is 0 Å². The Morgan fingerprint density at radius 1 is 1.67 bits per heavy atom. The van der Waals surface area contributed by atoms with Gasteiger partial charge in [0.2, 0.25) is 5.91 Å². The fourth-order valence-electron chi connectivity index (χ4n) is 1.81. The number of rotatable bonds is 4. The maximum atomic E-state index is 12.0. The second-order valence-corrected chi connectivity index (χ2v) is 4.84.